The van der Waals surface area contributed by atoms with Gasteiger partial charge in [0.25, 0.3) is 0 Å². The molecule has 0 unspecified atom stereocenters. The van der Waals surface area contributed by atoms with Gasteiger partial charge in [-0.05, 0) is 11.6 Å². The molecule has 1 aromatic heterocycles. The maximum atomic E-state index is 3.33. The number of fused-ring (bicyclic) bond motifs is 3. The molecule has 2 heterocycles. The Balaban J connectivity index is 2.00. The van der Waals surface area contributed by atoms with Gasteiger partial charge in [0.2, 0.25) is 0 Å². The molecular weight excluding hydrogens is 244 g/mol. The summed E-state index contributed by atoms with van der Waals surface area (Å²) >= 11 is 0. The summed E-state index contributed by atoms with van der Waals surface area (Å²) in [5.41, 5.74) is 2.63. The summed E-state index contributed by atoms with van der Waals surface area (Å²) in [4.78, 5) is 0. The van der Waals surface area contributed by atoms with Gasteiger partial charge in [-0.15, -0.1) is 0 Å². The number of nitrogens with one attached hydrogen (secondary N) is 1. The van der Waals surface area contributed by atoms with Crippen LogP contribution in [0, 0.1) is 0 Å². The van der Waals surface area contributed by atoms with Gasteiger partial charge in [-0.2, -0.15) is 0 Å². The zero-order valence-corrected chi connectivity index (χ0v) is 11.2. The molecule has 2 aromatic carbocycles. The summed E-state index contributed by atoms with van der Waals surface area (Å²) < 4.78 is 2.39. The fourth-order valence-corrected chi connectivity index (χ4v) is 2.97. The van der Waals surface area contributed by atoms with Crippen LogP contribution < -0.4 is 15.9 Å². The van der Waals surface area contributed by atoms with Crippen LogP contribution in [-0.4, -0.2) is 11.1 Å². The highest BCUT2D eigenvalue weighted by atomic mass is 15.0. The molecule has 0 radical (unpaired) electrons. The Hall–Kier alpha value is -2.48. The first kappa shape index (κ1) is 11.4. The van der Waals surface area contributed by atoms with Crippen LogP contribution >= 0.6 is 0 Å². The fraction of sp³-hybridized carbons (Fsp3) is 0.111. The maximum Gasteiger partial charge on any atom is 0.0651 e. The van der Waals surface area contributed by atoms with Gasteiger partial charge in [0.15, 0.2) is 0 Å². The third-order valence-corrected chi connectivity index (χ3v) is 3.90. The highest BCUT2D eigenvalue weighted by Crippen LogP contribution is 2.11. The van der Waals surface area contributed by atoms with Crippen LogP contribution in [0.3, 0.4) is 0 Å². The van der Waals surface area contributed by atoms with Crippen LogP contribution in [0.1, 0.15) is 5.56 Å². The molecule has 0 aliphatic carbocycles. The minimum Gasteiger partial charge on any atom is -0.386 e. The summed E-state index contributed by atoms with van der Waals surface area (Å²) in [5.74, 6) is 0. The lowest BCUT2D eigenvalue weighted by Crippen LogP contribution is -2.36. The van der Waals surface area contributed by atoms with Crippen molar-refractivity contribution in [3.8, 4) is 0 Å². The molecule has 1 aliphatic heterocycles. The van der Waals surface area contributed by atoms with Crippen molar-refractivity contribution in [3.63, 3.8) is 0 Å². The van der Waals surface area contributed by atoms with Gasteiger partial charge < -0.3 is 9.88 Å². The van der Waals surface area contributed by atoms with E-state index in [1.807, 2.05) is 0 Å². The first-order valence-electron chi connectivity index (χ1n) is 6.98. The second-order valence-corrected chi connectivity index (χ2v) is 5.14. The number of rotatable bonds is 2. The van der Waals surface area contributed by atoms with Crippen molar-refractivity contribution in [2.75, 3.05) is 6.54 Å². The van der Waals surface area contributed by atoms with E-state index in [1.165, 1.54) is 27.0 Å². The third-order valence-electron chi connectivity index (χ3n) is 3.90. The highest BCUT2D eigenvalue weighted by Gasteiger charge is 2.08. The second kappa shape index (κ2) is 4.57. The Labute approximate surface area is 117 Å². The summed E-state index contributed by atoms with van der Waals surface area (Å²) in [7, 11) is 0. The summed E-state index contributed by atoms with van der Waals surface area (Å²) in [6.45, 7) is 1.81. The minimum absolute atomic E-state index is 0.905. The standard InChI is InChI=1S/C18H16N2/c1-2-6-14(7-3-1)13-20-17-9-5-4-8-15(17)16-10-11-19-12-18(16)20/h1-10,12,19H,11,13H2. The Kier molecular flexibility index (Phi) is 2.59. The number of nitrogens with zero attached hydrogens (tertiary/aromatic N) is 1. The molecule has 1 N–H and O–H groups in total. The predicted octanol–water partition coefficient (Wildman–Crippen LogP) is 1.81. The van der Waals surface area contributed by atoms with Crippen molar-refractivity contribution in [1.82, 2.24) is 9.88 Å². The molecule has 4 rings (SSSR count). The molecule has 0 fully saturated rings. The van der Waals surface area contributed by atoms with Gasteiger partial charge in [0.1, 0.15) is 0 Å². The lowest BCUT2D eigenvalue weighted by molar-refractivity contribution is 0.798. The second-order valence-electron chi connectivity index (χ2n) is 5.14. The largest absolute Gasteiger partial charge is 0.386 e. The van der Waals surface area contributed by atoms with E-state index in [0.717, 1.165) is 13.1 Å². The number of hydrogen-bond acceptors (Lipinski definition) is 1. The molecule has 20 heavy (non-hydrogen) atoms. The van der Waals surface area contributed by atoms with Crippen LogP contribution in [0.25, 0.3) is 23.2 Å². The van der Waals surface area contributed by atoms with E-state index in [0.29, 0.717) is 0 Å². The van der Waals surface area contributed by atoms with E-state index in [9.17, 15) is 0 Å². The number of aromatic nitrogens is 1. The van der Waals surface area contributed by atoms with Crippen molar-refractivity contribution in [1.29, 1.82) is 0 Å². The predicted molar refractivity (Wildman–Crippen MR) is 83.7 cm³/mol. The zero-order chi connectivity index (χ0) is 13.4. The van der Waals surface area contributed by atoms with E-state index >= 15 is 0 Å². The van der Waals surface area contributed by atoms with Crippen LogP contribution in [0.2, 0.25) is 0 Å². The molecule has 98 valence electrons. The molecule has 1 aliphatic rings. The van der Waals surface area contributed by atoms with Gasteiger partial charge in [-0.3, -0.25) is 0 Å². The lowest BCUT2D eigenvalue weighted by Gasteiger charge is -2.08. The molecule has 2 heteroatoms. The van der Waals surface area contributed by atoms with E-state index < -0.39 is 0 Å². The monoisotopic (exact) mass is 260 g/mol. The van der Waals surface area contributed by atoms with Crippen molar-refractivity contribution in [2.24, 2.45) is 0 Å². The van der Waals surface area contributed by atoms with Gasteiger partial charge in [-0.1, -0.05) is 54.6 Å². The molecule has 0 amide bonds. The highest BCUT2D eigenvalue weighted by molar-refractivity contribution is 5.82. The van der Waals surface area contributed by atoms with Crippen LogP contribution in [0.4, 0.5) is 0 Å². The minimum atomic E-state index is 0.905. The van der Waals surface area contributed by atoms with Gasteiger partial charge >= 0.3 is 0 Å². The summed E-state index contributed by atoms with van der Waals surface area (Å²) in [6, 6.07) is 19.3. The van der Waals surface area contributed by atoms with E-state index in [1.54, 1.807) is 0 Å². The fourth-order valence-electron chi connectivity index (χ4n) is 2.97. The third kappa shape index (κ3) is 1.73. The van der Waals surface area contributed by atoms with E-state index in [4.69, 9.17) is 0 Å². The average molecular weight is 260 g/mol. The van der Waals surface area contributed by atoms with Gasteiger partial charge in [0, 0.05) is 35.4 Å². The Morgan fingerprint density at radius 3 is 2.65 bits per heavy atom. The zero-order valence-electron chi connectivity index (χ0n) is 11.2. The molecule has 0 saturated heterocycles. The molecular formula is C18H16N2. The SMILES string of the molecule is C1=c2c(n(Cc3ccccc3)c3ccccc23)=CNC1. The first-order valence-corrected chi connectivity index (χ1v) is 6.98. The average Bonchev–Trinajstić information content (AvgIpc) is 2.84. The molecule has 2 nitrogen and oxygen atoms in total. The molecule has 3 aromatic rings. The summed E-state index contributed by atoms with van der Waals surface area (Å²) in [5, 5.41) is 7.31. The van der Waals surface area contributed by atoms with Crippen LogP contribution in [0.15, 0.2) is 54.6 Å². The topological polar surface area (TPSA) is 17.0 Å². The normalized spacial score (nSPS) is 13.2. The summed E-state index contributed by atoms with van der Waals surface area (Å²) in [6.07, 6.45) is 4.41. The molecule has 0 atom stereocenters. The van der Waals surface area contributed by atoms with E-state index in [2.05, 4.69) is 76.8 Å². The van der Waals surface area contributed by atoms with Crippen molar-refractivity contribution in [2.45, 2.75) is 6.54 Å². The van der Waals surface area contributed by atoms with Crippen molar-refractivity contribution in [3.05, 3.63) is 70.7 Å². The first-order chi connectivity index (χ1) is 9.93. The molecule has 0 saturated carbocycles. The number of para-hydroxylation sites is 1. The Morgan fingerprint density at radius 1 is 0.950 bits per heavy atom. The number of benzene rings is 2. The Morgan fingerprint density at radius 2 is 1.75 bits per heavy atom. The molecule has 0 spiro atoms. The van der Waals surface area contributed by atoms with Gasteiger partial charge in [-0.25, -0.2) is 0 Å². The van der Waals surface area contributed by atoms with E-state index in [-0.39, 0.29) is 0 Å². The smallest absolute Gasteiger partial charge is 0.0651 e. The molecule has 0 bridgehead atoms. The quantitative estimate of drug-likeness (QED) is 0.743. The lowest BCUT2D eigenvalue weighted by atomic mass is 10.2. The van der Waals surface area contributed by atoms with Gasteiger partial charge in [0.05, 0.1) is 5.35 Å². The van der Waals surface area contributed by atoms with Crippen molar-refractivity contribution < 1.29 is 0 Å². The Bertz CT molecular complexity index is 873. The van der Waals surface area contributed by atoms with Crippen LogP contribution in [-0.2, 0) is 6.54 Å². The maximum absolute atomic E-state index is 3.33. The number of hydrogen-bond donors (Lipinski definition) is 1. The van der Waals surface area contributed by atoms with Crippen molar-refractivity contribution >= 4 is 23.2 Å². The van der Waals surface area contributed by atoms with Crippen LogP contribution in [0.5, 0.6) is 0 Å².